The van der Waals surface area contributed by atoms with E-state index in [-0.39, 0.29) is 17.5 Å². The van der Waals surface area contributed by atoms with Gasteiger partial charge in [-0.2, -0.15) is 13.2 Å². The number of benzene rings is 1. The highest BCUT2D eigenvalue weighted by Crippen LogP contribution is 2.21. The Morgan fingerprint density at radius 2 is 1.92 bits per heavy atom. The molecule has 0 aliphatic heterocycles. The predicted molar refractivity (Wildman–Crippen MR) is 87.1 cm³/mol. The van der Waals surface area contributed by atoms with Crippen LogP contribution in [0.2, 0.25) is 0 Å². The van der Waals surface area contributed by atoms with E-state index in [2.05, 4.69) is 4.72 Å². The second-order valence-electron chi connectivity index (χ2n) is 5.79. The Labute approximate surface area is 144 Å². The lowest BCUT2D eigenvalue weighted by Crippen LogP contribution is -2.36. The van der Waals surface area contributed by atoms with Gasteiger partial charge in [0, 0.05) is 12.6 Å². The van der Waals surface area contributed by atoms with E-state index in [0.29, 0.717) is 5.56 Å². The zero-order valence-corrected chi connectivity index (χ0v) is 14.2. The van der Waals surface area contributed by atoms with Crippen LogP contribution in [0.3, 0.4) is 0 Å². The van der Waals surface area contributed by atoms with E-state index < -0.39 is 22.1 Å². The van der Waals surface area contributed by atoms with E-state index in [9.17, 15) is 26.4 Å². The fourth-order valence-corrected chi connectivity index (χ4v) is 3.92. The summed E-state index contributed by atoms with van der Waals surface area (Å²) in [5.74, 6) is -2.02. The molecule has 0 heterocycles. The van der Waals surface area contributed by atoms with Crippen LogP contribution >= 0.6 is 0 Å². The van der Waals surface area contributed by atoms with Crippen LogP contribution in [0.4, 0.5) is 13.2 Å². The molecule has 0 saturated heterocycles. The molecule has 0 unspecified atom stereocenters. The summed E-state index contributed by atoms with van der Waals surface area (Å²) in [4.78, 5) is 10.8. The average molecular weight is 376 g/mol. The zero-order chi connectivity index (χ0) is 18.5. The summed E-state index contributed by atoms with van der Waals surface area (Å²) in [6.07, 6.45) is 1.48. The quantitative estimate of drug-likeness (QED) is 0.801. The number of alkyl halides is 3. The molecule has 2 rings (SSSR count). The molecule has 1 fully saturated rings. The maximum Gasteiger partial charge on any atom is 0.471 e. The highest BCUT2D eigenvalue weighted by molar-refractivity contribution is 7.89. The SMILES string of the molecule is O=C(NC/C=C/c1cccc(S(=O)(=O)NC2CCCC2)c1)C(F)(F)F. The Balaban J connectivity index is 1.98. The molecule has 1 aliphatic carbocycles. The summed E-state index contributed by atoms with van der Waals surface area (Å²) in [7, 11) is -3.63. The first-order valence-electron chi connectivity index (χ1n) is 7.82. The highest BCUT2D eigenvalue weighted by Gasteiger charge is 2.37. The molecule has 2 N–H and O–H groups in total. The van der Waals surface area contributed by atoms with Gasteiger partial charge in [-0.15, -0.1) is 0 Å². The van der Waals surface area contributed by atoms with Crippen molar-refractivity contribution in [1.82, 2.24) is 10.0 Å². The van der Waals surface area contributed by atoms with Gasteiger partial charge in [0.05, 0.1) is 4.90 Å². The molecular formula is C16H19F3N2O3S. The van der Waals surface area contributed by atoms with Crippen molar-refractivity contribution >= 4 is 22.0 Å². The lowest BCUT2D eigenvalue weighted by molar-refractivity contribution is -0.173. The van der Waals surface area contributed by atoms with Crippen LogP contribution in [0.25, 0.3) is 6.08 Å². The zero-order valence-electron chi connectivity index (χ0n) is 13.3. The van der Waals surface area contributed by atoms with Crippen LogP contribution in [0.5, 0.6) is 0 Å². The molecule has 0 radical (unpaired) electrons. The van der Waals surface area contributed by atoms with Gasteiger partial charge in [-0.3, -0.25) is 4.79 Å². The monoisotopic (exact) mass is 376 g/mol. The highest BCUT2D eigenvalue weighted by atomic mass is 32.2. The molecule has 25 heavy (non-hydrogen) atoms. The van der Waals surface area contributed by atoms with Gasteiger partial charge in [0.2, 0.25) is 10.0 Å². The first-order valence-corrected chi connectivity index (χ1v) is 9.31. The van der Waals surface area contributed by atoms with E-state index in [1.165, 1.54) is 24.3 Å². The molecule has 1 aromatic rings. The minimum absolute atomic E-state index is 0.0539. The van der Waals surface area contributed by atoms with Crippen molar-refractivity contribution in [1.29, 1.82) is 0 Å². The molecular weight excluding hydrogens is 357 g/mol. The summed E-state index contributed by atoms with van der Waals surface area (Å²) in [6.45, 7) is -0.310. The van der Waals surface area contributed by atoms with Crippen molar-refractivity contribution in [2.45, 2.75) is 42.8 Å². The molecule has 1 saturated carbocycles. The van der Waals surface area contributed by atoms with E-state index in [0.717, 1.165) is 25.7 Å². The lowest BCUT2D eigenvalue weighted by atomic mass is 10.2. The number of amides is 1. The van der Waals surface area contributed by atoms with E-state index >= 15 is 0 Å². The van der Waals surface area contributed by atoms with E-state index in [1.807, 2.05) is 0 Å². The Kier molecular flexibility index (Phi) is 6.23. The van der Waals surface area contributed by atoms with Gasteiger partial charge in [-0.1, -0.05) is 37.1 Å². The van der Waals surface area contributed by atoms with Crippen LogP contribution in [0, 0.1) is 0 Å². The summed E-state index contributed by atoms with van der Waals surface area (Å²) >= 11 is 0. The third-order valence-electron chi connectivity index (χ3n) is 3.79. The summed E-state index contributed by atoms with van der Waals surface area (Å²) < 4.78 is 63.5. The van der Waals surface area contributed by atoms with Gasteiger partial charge < -0.3 is 5.32 Å². The van der Waals surface area contributed by atoms with Crippen LogP contribution in [-0.2, 0) is 14.8 Å². The maximum absolute atomic E-state index is 12.4. The van der Waals surface area contributed by atoms with Gasteiger partial charge >= 0.3 is 12.1 Å². The minimum atomic E-state index is -4.92. The van der Waals surface area contributed by atoms with Crippen molar-refractivity contribution in [2.24, 2.45) is 0 Å². The normalized spacial score (nSPS) is 16.4. The Morgan fingerprint density at radius 3 is 2.56 bits per heavy atom. The first-order chi connectivity index (χ1) is 11.7. The molecule has 0 atom stereocenters. The number of hydrogen-bond donors (Lipinski definition) is 2. The molecule has 1 amide bonds. The Hall–Kier alpha value is -1.87. The summed E-state index contributed by atoms with van der Waals surface area (Å²) in [5, 5.41) is 1.70. The number of carbonyl (C=O) groups is 1. The second-order valence-corrected chi connectivity index (χ2v) is 7.50. The van der Waals surface area contributed by atoms with Crippen molar-refractivity contribution in [3.05, 3.63) is 35.9 Å². The van der Waals surface area contributed by atoms with Crippen LogP contribution < -0.4 is 10.0 Å². The number of rotatable bonds is 6. The fourth-order valence-electron chi connectivity index (χ4n) is 2.56. The minimum Gasteiger partial charge on any atom is -0.345 e. The number of hydrogen-bond acceptors (Lipinski definition) is 3. The van der Waals surface area contributed by atoms with Crippen molar-refractivity contribution in [3.8, 4) is 0 Å². The fraction of sp³-hybridized carbons (Fsp3) is 0.438. The number of carbonyl (C=O) groups excluding carboxylic acids is 1. The van der Waals surface area contributed by atoms with E-state index in [4.69, 9.17) is 0 Å². The maximum atomic E-state index is 12.4. The first kappa shape index (κ1) is 19.5. The van der Waals surface area contributed by atoms with Gasteiger partial charge in [0.25, 0.3) is 0 Å². The number of nitrogens with one attached hydrogen (secondary N) is 2. The number of halogens is 3. The molecule has 0 bridgehead atoms. The standard InChI is InChI=1S/C16H19F3N2O3S/c17-16(18,19)15(22)20-10-4-6-12-5-3-9-14(11-12)25(23,24)21-13-7-1-2-8-13/h3-6,9,11,13,21H,1-2,7-8,10H2,(H,20,22)/b6-4+. The number of sulfonamides is 1. The second kappa shape index (κ2) is 8.01. The van der Waals surface area contributed by atoms with Crippen LogP contribution in [0.1, 0.15) is 31.2 Å². The molecule has 9 heteroatoms. The third-order valence-corrected chi connectivity index (χ3v) is 5.31. The van der Waals surface area contributed by atoms with Gasteiger partial charge in [-0.05, 0) is 30.5 Å². The van der Waals surface area contributed by atoms with Crippen molar-refractivity contribution < 1.29 is 26.4 Å². The summed E-state index contributed by atoms with van der Waals surface area (Å²) in [5.41, 5.74) is 0.510. The van der Waals surface area contributed by atoms with Gasteiger partial charge in [-0.25, -0.2) is 13.1 Å². The predicted octanol–water partition coefficient (Wildman–Crippen LogP) is 2.60. The molecule has 1 aromatic carbocycles. The largest absolute Gasteiger partial charge is 0.471 e. The summed E-state index contributed by atoms with van der Waals surface area (Å²) in [6, 6.07) is 6.01. The molecule has 0 aromatic heterocycles. The van der Waals surface area contributed by atoms with Gasteiger partial charge in [0.1, 0.15) is 0 Å². The van der Waals surface area contributed by atoms with Gasteiger partial charge in [0.15, 0.2) is 0 Å². The topological polar surface area (TPSA) is 75.3 Å². The smallest absolute Gasteiger partial charge is 0.345 e. The average Bonchev–Trinajstić information content (AvgIpc) is 3.03. The van der Waals surface area contributed by atoms with Crippen molar-refractivity contribution in [2.75, 3.05) is 6.54 Å². The van der Waals surface area contributed by atoms with Crippen molar-refractivity contribution in [3.63, 3.8) is 0 Å². The third kappa shape index (κ3) is 5.86. The van der Waals surface area contributed by atoms with E-state index in [1.54, 1.807) is 17.4 Å². The molecule has 1 aliphatic rings. The Morgan fingerprint density at radius 1 is 1.24 bits per heavy atom. The molecule has 0 spiro atoms. The van der Waals surface area contributed by atoms with Crippen LogP contribution in [-0.4, -0.2) is 33.1 Å². The lowest BCUT2D eigenvalue weighted by Gasteiger charge is -2.12. The Bertz CT molecular complexity index is 739. The molecule has 5 nitrogen and oxygen atoms in total. The van der Waals surface area contributed by atoms with Crippen LogP contribution in [0.15, 0.2) is 35.2 Å². The molecule has 138 valence electrons.